The molecule has 0 aliphatic carbocycles. The van der Waals surface area contributed by atoms with Crippen LogP contribution >= 0.6 is 11.6 Å². The van der Waals surface area contributed by atoms with Gasteiger partial charge in [0.05, 0.1) is 17.2 Å². The van der Waals surface area contributed by atoms with Crippen molar-refractivity contribution in [3.8, 4) is 5.75 Å². The van der Waals surface area contributed by atoms with Gasteiger partial charge in [0.15, 0.2) is 0 Å². The van der Waals surface area contributed by atoms with Crippen molar-refractivity contribution in [2.75, 3.05) is 6.61 Å². The van der Waals surface area contributed by atoms with Gasteiger partial charge in [-0.1, -0.05) is 18.5 Å². The molecule has 0 radical (unpaired) electrons. The molecule has 0 aliphatic heterocycles. The van der Waals surface area contributed by atoms with Crippen LogP contribution in [0.25, 0.3) is 0 Å². The van der Waals surface area contributed by atoms with E-state index in [1.54, 1.807) is 18.2 Å². The highest BCUT2D eigenvalue weighted by Crippen LogP contribution is 2.22. The van der Waals surface area contributed by atoms with Crippen LogP contribution in [-0.2, 0) is 0 Å². The molecule has 0 atom stereocenters. The number of rotatable bonds is 4. The maximum atomic E-state index is 10.8. The first-order valence-corrected chi connectivity index (χ1v) is 4.75. The van der Waals surface area contributed by atoms with Crippen molar-refractivity contribution in [2.24, 2.45) is 5.73 Å². The Morgan fingerprint density at radius 3 is 2.79 bits per heavy atom. The van der Waals surface area contributed by atoms with Crippen molar-refractivity contribution in [1.82, 2.24) is 0 Å². The zero-order chi connectivity index (χ0) is 10.6. The van der Waals surface area contributed by atoms with Crippen LogP contribution in [0.3, 0.4) is 0 Å². The monoisotopic (exact) mass is 213 g/mol. The van der Waals surface area contributed by atoms with Crippen LogP contribution in [0.5, 0.6) is 5.75 Å². The number of carbonyl (C=O) groups excluding carboxylic acids is 1. The molecule has 14 heavy (non-hydrogen) atoms. The predicted molar refractivity (Wildman–Crippen MR) is 55.8 cm³/mol. The third-order valence-electron chi connectivity index (χ3n) is 1.68. The van der Waals surface area contributed by atoms with Crippen LogP contribution in [0.4, 0.5) is 0 Å². The Hall–Kier alpha value is -1.22. The lowest BCUT2D eigenvalue weighted by Crippen LogP contribution is -2.11. The third kappa shape index (κ3) is 2.64. The highest BCUT2D eigenvalue weighted by atomic mass is 35.5. The van der Waals surface area contributed by atoms with Gasteiger partial charge in [-0.2, -0.15) is 0 Å². The summed E-state index contributed by atoms with van der Waals surface area (Å²) in [6, 6.07) is 4.84. The smallest absolute Gasteiger partial charge is 0.250 e. The predicted octanol–water partition coefficient (Wildman–Crippen LogP) is 2.23. The zero-order valence-electron chi connectivity index (χ0n) is 7.92. The number of hydrogen-bond acceptors (Lipinski definition) is 2. The molecule has 0 aromatic heterocycles. The minimum atomic E-state index is -0.531. The molecule has 1 amide bonds. The molecule has 76 valence electrons. The summed E-state index contributed by atoms with van der Waals surface area (Å²) in [6.45, 7) is 2.64. The molecule has 0 bridgehead atoms. The fourth-order valence-corrected chi connectivity index (χ4v) is 1.27. The van der Waals surface area contributed by atoms with Crippen molar-refractivity contribution in [3.63, 3.8) is 0 Å². The van der Waals surface area contributed by atoms with E-state index in [1.807, 2.05) is 6.92 Å². The van der Waals surface area contributed by atoms with Crippen molar-refractivity contribution >= 4 is 17.5 Å². The quantitative estimate of drug-likeness (QED) is 0.834. The molecule has 0 saturated heterocycles. The Labute approximate surface area is 87.8 Å². The summed E-state index contributed by atoms with van der Waals surface area (Å²) >= 11 is 5.82. The summed E-state index contributed by atoms with van der Waals surface area (Å²) < 4.78 is 5.33. The summed E-state index contributed by atoms with van der Waals surface area (Å²) in [4.78, 5) is 10.8. The van der Waals surface area contributed by atoms with Gasteiger partial charge in [0.1, 0.15) is 5.75 Å². The molecule has 1 aromatic rings. The molecule has 0 saturated carbocycles. The molecule has 0 spiro atoms. The fraction of sp³-hybridized carbons (Fsp3) is 0.300. The molecule has 1 aromatic carbocycles. The van der Waals surface area contributed by atoms with Crippen LogP contribution in [0.15, 0.2) is 18.2 Å². The first-order chi connectivity index (χ1) is 6.65. The van der Waals surface area contributed by atoms with E-state index in [0.29, 0.717) is 22.9 Å². The summed E-state index contributed by atoms with van der Waals surface area (Å²) in [6.07, 6.45) is 0.926. The van der Waals surface area contributed by atoms with E-state index < -0.39 is 5.91 Å². The van der Waals surface area contributed by atoms with Gasteiger partial charge in [0.2, 0.25) is 5.91 Å². The van der Waals surface area contributed by atoms with Crippen LogP contribution < -0.4 is 10.5 Å². The van der Waals surface area contributed by atoms with Crippen molar-refractivity contribution in [1.29, 1.82) is 0 Å². The maximum absolute atomic E-state index is 10.8. The molecule has 0 aliphatic rings. The molecule has 0 heterocycles. The Balaban J connectivity index is 2.83. The summed E-state index contributed by atoms with van der Waals surface area (Å²) in [5.41, 5.74) is 5.42. The molecule has 3 nitrogen and oxygen atoms in total. The lowest BCUT2D eigenvalue weighted by atomic mass is 10.2. The third-order valence-corrected chi connectivity index (χ3v) is 1.99. The van der Waals surface area contributed by atoms with E-state index in [0.717, 1.165) is 6.42 Å². The van der Waals surface area contributed by atoms with E-state index in [4.69, 9.17) is 22.1 Å². The van der Waals surface area contributed by atoms with E-state index in [9.17, 15) is 4.79 Å². The van der Waals surface area contributed by atoms with Gasteiger partial charge in [-0.25, -0.2) is 0 Å². The summed E-state index contributed by atoms with van der Waals surface area (Å²) in [5.74, 6) is 0.124. The number of benzene rings is 1. The van der Waals surface area contributed by atoms with Gasteiger partial charge in [-0.05, 0) is 24.6 Å². The maximum Gasteiger partial charge on any atom is 0.250 e. The van der Waals surface area contributed by atoms with Gasteiger partial charge in [-0.3, -0.25) is 4.79 Å². The second kappa shape index (κ2) is 4.86. The molecule has 0 unspecified atom stereocenters. The standard InChI is InChI=1S/C10H12ClNO2/c1-2-5-14-7-3-4-8(10(12)13)9(11)6-7/h3-4,6H,2,5H2,1H3,(H2,12,13). The number of carbonyl (C=O) groups is 1. The molecule has 4 heteroatoms. The fourth-order valence-electron chi connectivity index (χ4n) is 1.01. The van der Waals surface area contributed by atoms with Crippen LogP contribution in [0, 0.1) is 0 Å². The Morgan fingerprint density at radius 2 is 2.29 bits per heavy atom. The number of nitrogens with two attached hydrogens (primary N) is 1. The van der Waals surface area contributed by atoms with Gasteiger partial charge in [0.25, 0.3) is 0 Å². The normalized spacial score (nSPS) is 9.86. The van der Waals surface area contributed by atoms with E-state index >= 15 is 0 Å². The number of amides is 1. The zero-order valence-corrected chi connectivity index (χ0v) is 8.67. The average molecular weight is 214 g/mol. The number of hydrogen-bond donors (Lipinski definition) is 1. The molecule has 2 N–H and O–H groups in total. The molecule has 1 rings (SSSR count). The minimum absolute atomic E-state index is 0.315. The van der Waals surface area contributed by atoms with E-state index in [1.165, 1.54) is 0 Å². The largest absolute Gasteiger partial charge is 0.494 e. The van der Waals surface area contributed by atoms with Gasteiger partial charge in [0, 0.05) is 0 Å². The SMILES string of the molecule is CCCOc1ccc(C(N)=O)c(Cl)c1. The van der Waals surface area contributed by atoms with Gasteiger partial charge in [-0.15, -0.1) is 0 Å². The molecule has 0 fully saturated rings. The van der Waals surface area contributed by atoms with Crippen molar-refractivity contribution in [2.45, 2.75) is 13.3 Å². The lowest BCUT2D eigenvalue weighted by molar-refractivity contribution is 0.100. The van der Waals surface area contributed by atoms with E-state index in [-0.39, 0.29) is 0 Å². The first-order valence-electron chi connectivity index (χ1n) is 4.37. The summed E-state index contributed by atoms with van der Waals surface area (Å²) in [7, 11) is 0. The van der Waals surface area contributed by atoms with Crippen LogP contribution in [0.1, 0.15) is 23.7 Å². The minimum Gasteiger partial charge on any atom is -0.494 e. The molecular formula is C10H12ClNO2. The van der Waals surface area contributed by atoms with Gasteiger partial charge >= 0.3 is 0 Å². The second-order valence-electron chi connectivity index (χ2n) is 2.85. The first kappa shape index (κ1) is 10.9. The Morgan fingerprint density at radius 1 is 1.57 bits per heavy atom. The van der Waals surface area contributed by atoms with Crippen LogP contribution in [0.2, 0.25) is 5.02 Å². The highest BCUT2D eigenvalue weighted by molar-refractivity contribution is 6.33. The summed E-state index contributed by atoms with van der Waals surface area (Å²) in [5, 5.41) is 0.325. The van der Waals surface area contributed by atoms with Crippen molar-refractivity contribution < 1.29 is 9.53 Å². The second-order valence-corrected chi connectivity index (χ2v) is 3.26. The lowest BCUT2D eigenvalue weighted by Gasteiger charge is -2.06. The van der Waals surface area contributed by atoms with Crippen molar-refractivity contribution in [3.05, 3.63) is 28.8 Å². The van der Waals surface area contributed by atoms with E-state index in [2.05, 4.69) is 0 Å². The number of primary amides is 1. The topological polar surface area (TPSA) is 52.3 Å². The Kier molecular flexibility index (Phi) is 3.77. The van der Waals surface area contributed by atoms with Crippen LogP contribution in [-0.4, -0.2) is 12.5 Å². The number of ether oxygens (including phenoxy) is 1. The molecular weight excluding hydrogens is 202 g/mol. The highest BCUT2D eigenvalue weighted by Gasteiger charge is 2.06. The number of halogens is 1. The Bertz CT molecular complexity index is 339. The average Bonchev–Trinajstić information content (AvgIpc) is 2.14. The van der Waals surface area contributed by atoms with Gasteiger partial charge < -0.3 is 10.5 Å².